The van der Waals surface area contributed by atoms with Crippen LogP contribution in [0.3, 0.4) is 0 Å². The van der Waals surface area contributed by atoms with E-state index in [0.29, 0.717) is 24.4 Å². The average Bonchev–Trinajstić information content (AvgIpc) is 2.61. The molecule has 134 valence electrons. The molecule has 0 radical (unpaired) electrons. The van der Waals surface area contributed by atoms with Crippen molar-refractivity contribution >= 4 is 17.6 Å². The number of benzene rings is 1. The van der Waals surface area contributed by atoms with E-state index >= 15 is 0 Å². The van der Waals surface area contributed by atoms with E-state index < -0.39 is 0 Å². The Kier molecular flexibility index (Phi) is 4.97. The number of allylic oxidation sites excluding steroid dienone is 1. The normalized spacial score (nSPS) is 21.1. The second-order valence-corrected chi connectivity index (χ2v) is 6.62. The third-order valence-electron chi connectivity index (χ3n) is 5.00. The average molecular weight is 342 g/mol. The molecule has 6 nitrogen and oxygen atoms in total. The third-order valence-corrected chi connectivity index (χ3v) is 5.00. The van der Waals surface area contributed by atoms with E-state index in [1.54, 1.807) is 6.92 Å². The Morgan fingerprint density at radius 1 is 1.20 bits per heavy atom. The third kappa shape index (κ3) is 3.48. The second kappa shape index (κ2) is 7.17. The molecule has 1 aromatic rings. The fourth-order valence-electron chi connectivity index (χ4n) is 3.65. The molecular weight excluding hydrogens is 316 g/mol. The van der Waals surface area contributed by atoms with E-state index in [1.807, 2.05) is 11.8 Å². The van der Waals surface area contributed by atoms with Gasteiger partial charge in [-0.05, 0) is 31.9 Å². The molecule has 25 heavy (non-hydrogen) atoms. The van der Waals surface area contributed by atoms with Gasteiger partial charge in [0.15, 0.2) is 0 Å². The molecular formula is C19H26N4O2. The van der Waals surface area contributed by atoms with Crippen molar-refractivity contribution in [2.24, 2.45) is 0 Å². The summed E-state index contributed by atoms with van der Waals surface area (Å²) in [6.07, 6.45) is 1.00. The lowest BCUT2D eigenvalue weighted by atomic mass is 10.0. The fourth-order valence-corrected chi connectivity index (χ4v) is 3.65. The molecule has 0 bridgehead atoms. The lowest BCUT2D eigenvalue weighted by Crippen LogP contribution is -2.54. The Bertz CT molecular complexity index is 705. The topological polar surface area (TPSA) is 64.7 Å². The molecule has 0 unspecified atom stereocenters. The van der Waals surface area contributed by atoms with Gasteiger partial charge in [-0.25, -0.2) is 4.79 Å². The van der Waals surface area contributed by atoms with Crippen LogP contribution in [0.5, 0.6) is 0 Å². The quantitative estimate of drug-likeness (QED) is 0.881. The molecule has 2 heterocycles. The number of aryl methyl sites for hydroxylation is 1. The van der Waals surface area contributed by atoms with Gasteiger partial charge in [0.05, 0.1) is 11.6 Å². The Balaban J connectivity index is 1.69. The highest BCUT2D eigenvalue weighted by atomic mass is 16.2. The molecule has 3 amide bonds. The van der Waals surface area contributed by atoms with Crippen molar-refractivity contribution < 1.29 is 9.59 Å². The van der Waals surface area contributed by atoms with Crippen molar-refractivity contribution in [3.63, 3.8) is 0 Å². The van der Waals surface area contributed by atoms with Gasteiger partial charge < -0.3 is 20.4 Å². The maximum Gasteiger partial charge on any atom is 0.319 e. The molecule has 0 spiro atoms. The zero-order chi connectivity index (χ0) is 18.0. The van der Waals surface area contributed by atoms with Gasteiger partial charge in [0.2, 0.25) is 0 Å². The van der Waals surface area contributed by atoms with E-state index in [2.05, 4.69) is 46.7 Å². The maximum atomic E-state index is 12.9. The summed E-state index contributed by atoms with van der Waals surface area (Å²) in [5, 5.41) is 5.46. The Morgan fingerprint density at radius 2 is 1.88 bits per heavy atom. The number of rotatable bonds is 3. The summed E-state index contributed by atoms with van der Waals surface area (Å²) in [5.41, 5.74) is 3.92. The summed E-state index contributed by atoms with van der Waals surface area (Å²) in [4.78, 5) is 28.6. The number of amides is 3. The summed E-state index contributed by atoms with van der Waals surface area (Å²) in [7, 11) is 0. The van der Waals surface area contributed by atoms with Crippen LogP contribution in [-0.2, 0) is 11.2 Å². The van der Waals surface area contributed by atoms with Crippen molar-refractivity contribution in [2.45, 2.75) is 33.2 Å². The number of urea groups is 1. The molecule has 2 aliphatic rings. The number of carbonyl (C=O) groups excluding carboxylic acids is 2. The highest BCUT2D eigenvalue weighted by Crippen LogP contribution is 2.23. The zero-order valence-corrected chi connectivity index (χ0v) is 15.1. The van der Waals surface area contributed by atoms with Gasteiger partial charge in [-0.1, -0.05) is 25.1 Å². The Morgan fingerprint density at radius 3 is 2.52 bits per heavy atom. The lowest BCUT2D eigenvalue weighted by molar-refractivity contribution is -0.127. The van der Waals surface area contributed by atoms with Gasteiger partial charge in [0, 0.05) is 37.6 Å². The van der Waals surface area contributed by atoms with Gasteiger partial charge in [-0.15, -0.1) is 0 Å². The number of piperazine rings is 1. The highest BCUT2D eigenvalue weighted by molar-refractivity contribution is 5.98. The first kappa shape index (κ1) is 17.3. The number of anilines is 1. The SMILES string of the molecule is CCc1ccccc1N1CCN(C(=O)C2=C(C)NC(=O)N[C@H]2C)CC1. The number of hydrogen-bond acceptors (Lipinski definition) is 3. The van der Waals surface area contributed by atoms with E-state index in [0.717, 1.165) is 19.5 Å². The molecule has 2 N–H and O–H groups in total. The maximum absolute atomic E-state index is 12.9. The van der Waals surface area contributed by atoms with Gasteiger partial charge >= 0.3 is 6.03 Å². The molecule has 1 saturated heterocycles. The lowest BCUT2D eigenvalue weighted by Gasteiger charge is -2.38. The summed E-state index contributed by atoms with van der Waals surface area (Å²) in [6.45, 7) is 8.83. The number of nitrogens with zero attached hydrogens (tertiary/aromatic N) is 2. The molecule has 1 aromatic carbocycles. The Labute approximate surface area is 148 Å². The smallest absolute Gasteiger partial charge is 0.319 e. The number of para-hydroxylation sites is 1. The molecule has 6 heteroatoms. The van der Waals surface area contributed by atoms with Crippen molar-refractivity contribution in [1.82, 2.24) is 15.5 Å². The minimum atomic E-state index is -0.264. The van der Waals surface area contributed by atoms with Crippen LogP contribution >= 0.6 is 0 Å². The summed E-state index contributed by atoms with van der Waals surface area (Å²) in [6, 6.07) is 7.95. The summed E-state index contributed by atoms with van der Waals surface area (Å²) < 4.78 is 0. The largest absolute Gasteiger partial charge is 0.368 e. The van der Waals surface area contributed by atoms with E-state index in [4.69, 9.17) is 0 Å². The highest BCUT2D eigenvalue weighted by Gasteiger charge is 2.31. The predicted molar refractivity (Wildman–Crippen MR) is 98.4 cm³/mol. The number of carbonyl (C=O) groups is 2. The van der Waals surface area contributed by atoms with Crippen molar-refractivity contribution in [3.05, 3.63) is 41.1 Å². The first-order valence-corrected chi connectivity index (χ1v) is 8.91. The molecule has 0 saturated carbocycles. The van der Waals surface area contributed by atoms with Crippen LogP contribution in [0.4, 0.5) is 10.5 Å². The first-order valence-electron chi connectivity index (χ1n) is 8.91. The van der Waals surface area contributed by atoms with Crippen LogP contribution in [0.1, 0.15) is 26.3 Å². The van der Waals surface area contributed by atoms with Crippen molar-refractivity contribution in [3.8, 4) is 0 Å². The van der Waals surface area contributed by atoms with Gasteiger partial charge in [0.1, 0.15) is 0 Å². The molecule has 0 aromatic heterocycles. The number of nitrogens with one attached hydrogen (secondary N) is 2. The van der Waals surface area contributed by atoms with Crippen LogP contribution in [-0.4, -0.2) is 49.1 Å². The van der Waals surface area contributed by atoms with Crippen LogP contribution in [0.15, 0.2) is 35.5 Å². The standard InChI is InChI=1S/C19H26N4O2/c1-4-15-7-5-6-8-16(15)22-9-11-23(12-10-22)18(24)17-13(2)20-19(25)21-14(17)3/h5-8,13H,4,9-12H2,1-3H3,(H2,20,21,25)/t13-/m0/s1. The molecule has 3 rings (SSSR count). The summed E-state index contributed by atoms with van der Waals surface area (Å²) in [5.74, 6) is 0.0147. The zero-order valence-electron chi connectivity index (χ0n) is 15.1. The van der Waals surface area contributed by atoms with E-state index in [-0.39, 0.29) is 18.0 Å². The fraction of sp³-hybridized carbons (Fsp3) is 0.474. The van der Waals surface area contributed by atoms with Gasteiger partial charge in [-0.2, -0.15) is 0 Å². The van der Waals surface area contributed by atoms with Crippen LogP contribution in [0.2, 0.25) is 0 Å². The second-order valence-electron chi connectivity index (χ2n) is 6.62. The van der Waals surface area contributed by atoms with Crippen LogP contribution < -0.4 is 15.5 Å². The predicted octanol–water partition coefficient (Wildman–Crippen LogP) is 1.87. The van der Waals surface area contributed by atoms with Gasteiger partial charge in [0.25, 0.3) is 5.91 Å². The monoisotopic (exact) mass is 342 g/mol. The van der Waals surface area contributed by atoms with E-state index in [9.17, 15) is 9.59 Å². The molecule has 0 aliphatic carbocycles. The minimum Gasteiger partial charge on any atom is -0.368 e. The van der Waals surface area contributed by atoms with Crippen LogP contribution in [0, 0.1) is 0 Å². The molecule has 2 aliphatic heterocycles. The Hall–Kier alpha value is -2.50. The van der Waals surface area contributed by atoms with Crippen LogP contribution in [0.25, 0.3) is 0 Å². The summed E-state index contributed by atoms with van der Waals surface area (Å²) >= 11 is 0. The number of hydrogen-bond donors (Lipinski definition) is 2. The van der Waals surface area contributed by atoms with Crippen molar-refractivity contribution in [1.29, 1.82) is 0 Å². The van der Waals surface area contributed by atoms with Gasteiger partial charge in [-0.3, -0.25) is 4.79 Å². The van der Waals surface area contributed by atoms with Crippen molar-refractivity contribution in [2.75, 3.05) is 31.1 Å². The first-order chi connectivity index (χ1) is 12.0. The molecule has 1 fully saturated rings. The van der Waals surface area contributed by atoms with E-state index in [1.165, 1.54) is 11.3 Å². The molecule has 1 atom stereocenters. The minimum absolute atomic E-state index is 0.0147.